The number of hydrogen-bond donors (Lipinski definition) is 0. The molecule has 0 aromatic heterocycles. The van der Waals surface area contributed by atoms with Crippen molar-refractivity contribution in [1.29, 1.82) is 0 Å². The van der Waals surface area contributed by atoms with Crippen LogP contribution in [0.3, 0.4) is 0 Å². The fourth-order valence-corrected chi connectivity index (χ4v) is 3.13. The average Bonchev–Trinajstić information content (AvgIpc) is 2.45. The average molecular weight is 344 g/mol. The highest BCUT2D eigenvalue weighted by Gasteiger charge is 2.30. The summed E-state index contributed by atoms with van der Waals surface area (Å²) in [5, 5.41) is 0. The molecule has 2 amide bonds. The van der Waals surface area contributed by atoms with E-state index in [-0.39, 0.29) is 18.2 Å². The van der Waals surface area contributed by atoms with Crippen molar-refractivity contribution in [3.63, 3.8) is 0 Å². The van der Waals surface area contributed by atoms with E-state index in [2.05, 4.69) is 15.9 Å². The molecule has 0 N–H and O–H groups in total. The molecule has 4 heteroatoms. The molecule has 1 heterocycles. The number of fused-ring (bicyclic) bond motifs is 1. The lowest BCUT2D eigenvalue weighted by molar-refractivity contribution is -0.128. The number of nitrogens with zero attached hydrogens (tertiary/aromatic N) is 1. The Morgan fingerprint density at radius 3 is 2.67 bits per heavy atom. The standard InChI is InChI=1S/C17H14BrNO2/c1-11-6-7-13(15(18)8-11)10-19-16(20)9-12-4-2-3-5-14(12)17(19)21/h2-8H,9-10H2,1H3. The van der Waals surface area contributed by atoms with E-state index >= 15 is 0 Å². The zero-order valence-corrected chi connectivity index (χ0v) is 13.2. The highest BCUT2D eigenvalue weighted by atomic mass is 79.9. The maximum Gasteiger partial charge on any atom is 0.261 e. The Bertz CT molecular complexity index is 739. The van der Waals surface area contributed by atoms with Crippen LogP contribution in [0.15, 0.2) is 46.9 Å². The maximum atomic E-state index is 12.5. The third-order valence-corrected chi connectivity index (χ3v) is 4.41. The van der Waals surface area contributed by atoms with Crippen molar-refractivity contribution >= 4 is 27.7 Å². The minimum Gasteiger partial charge on any atom is -0.274 e. The molecule has 3 rings (SSSR count). The van der Waals surface area contributed by atoms with Gasteiger partial charge in [-0.3, -0.25) is 14.5 Å². The first-order valence-electron chi connectivity index (χ1n) is 6.74. The summed E-state index contributed by atoms with van der Waals surface area (Å²) < 4.78 is 0.918. The van der Waals surface area contributed by atoms with Gasteiger partial charge in [0.05, 0.1) is 13.0 Å². The van der Waals surface area contributed by atoms with E-state index in [1.54, 1.807) is 6.07 Å². The molecule has 0 saturated heterocycles. The van der Waals surface area contributed by atoms with Crippen molar-refractivity contribution in [3.05, 3.63) is 69.2 Å². The molecule has 1 aliphatic heterocycles. The molecule has 0 unspecified atom stereocenters. The fraction of sp³-hybridized carbons (Fsp3) is 0.176. The van der Waals surface area contributed by atoms with Crippen LogP contribution in [0.5, 0.6) is 0 Å². The Morgan fingerprint density at radius 1 is 1.14 bits per heavy atom. The second kappa shape index (κ2) is 5.45. The van der Waals surface area contributed by atoms with E-state index in [4.69, 9.17) is 0 Å². The molecule has 0 aliphatic carbocycles. The third kappa shape index (κ3) is 2.63. The second-order valence-electron chi connectivity index (χ2n) is 5.21. The van der Waals surface area contributed by atoms with Gasteiger partial charge in [0.2, 0.25) is 5.91 Å². The van der Waals surface area contributed by atoms with Gasteiger partial charge in [0, 0.05) is 10.0 Å². The summed E-state index contributed by atoms with van der Waals surface area (Å²) >= 11 is 3.50. The SMILES string of the molecule is Cc1ccc(CN2C(=O)Cc3ccccc3C2=O)c(Br)c1. The number of benzene rings is 2. The number of aryl methyl sites for hydroxylation is 1. The normalized spacial score (nSPS) is 14.3. The molecule has 3 nitrogen and oxygen atoms in total. The van der Waals surface area contributed by atoms with Crippen molar-refractivity contribution in [1.82, 2.24) is 4.90 Å². The quantitative estimate of drug-likeness (QED) is 0.783. The lowest BCUT2D eigenvalue weighted by Crippen LogP contribution is -2.41. The number of carbonyl (C=O) groups excluding carboxylic acids is 2. The van der Waals surface area contributed by atoms with Crippen LogP contribution in [0, 0.1) is 6.92 Å². The molecule has 0 fully saturated rings. The Labute approximate surface area is 131 Å². The Morgan fingerprint density at radius 2 is 1.90 bits per heavy atom. The van der Waals surface area contributed by atoms with Crippen LogP contribution >= 0.6 is 15.9 Å². The number of rotatable bonds is 2. The number of hydrogen-bond acceptors (Lipinski definition) is 2. The summed E-state index contributed by atoms with van der Waals surface area (Å²) in [4.78, 5) is 26.1. The predicted octanol–water partition coefficient (Wildman–Crippen LogP) is 3.48. The molecular formula is C17H14BrNO2. The molecule has 2 aromatic rings. The van der Waals surface area contributed by atoms with Crippen LogP contribution in [0.4, 0.5) is 0 Å². The summed E-state index contributed by atoms with van der Waals surface area (Å²) in [7, 11) is 0. The minimum atomic E-state index is -0.214. The van der Waals surface area contributed by atoms with Crippen molar-refractivity contribution in [3.8, 4) is 0 Å². The van der Waals surface area contributed by atoms with Gasteiger partial charge in [-0.05, 0) is 35.7 Å². The van der Waals surface area contributed by atoms with E-state index in [9.17, 15) is 9.59 Å². The maximum absolute atomic E-state index is 12.5. The predicted molar refractivity (Wildman–Crippen MR) is 83.9 cm³/mol. The molecule has 0 radical (unpaired) electrons. The first kappa shape index (κ1) is 14.0. The lowest BCUT2D eigenvalue weighted by Gasteiger charge is -2.27. The molecule has 2 aromatic carbocycles. The summed E-state index contributed by atoms with van der Waals surface area (Å²) in [6, 6.07) is 13.2. The first-order valence-corrected chi connectivity index (χ1v) is 7.53. The number of amides is 2. The van der Waals surface area contributed by atoms with Crippen molar-refractivity contribution in [2.24, 2.45) is 0 Å². The summed E-state index contributed by atoms with van der Waals surface area (Å²) in [6.07, 6.45) is 0.283. The van der Waals surface area contributed by atoms with Gasteiger partial charge >= 0.3 is 0 Å². The molecule has 21 heavy (non-hydrogen) atoms. The van der Waals surface area contributed by atoms with Gasteiger partial charge in [-0.15, -0.1) is 0 Å². The molecule has 0 atom stereocenters. The van der Waals surface area contributed by atoms with Gasteiger partial charge in [0.25, 0.3) is 5.91 Å². The van der Waals surface area contributed by atoms with Crippen LogP contribution in [-0.4, -0.2) is 16.7 Å². The number of imide groups is 1. The summed E-state index contributed by atoms with van der Waals surface area (Å²) in [6.45, 7) is 2.30. The van der Waals surface area contributed by atoms with E-state index in [0.29, 0.717) is 12.1 Å². The van der Waals surface area contributed by atoms with Crippen molar-refractivity contribution in [2.45, 2.75) is 19.9 Å². The summed E-state index contributed by atoms with van der Waals surface area (Å²) in [5.74, 6) is -0.361. The molecule has 0 spiro atoms. The Balaban J connectivity index is 1.93. The van der Waals surface area contributed by atoms with Gasteiger partial charge in [-0.2, -0.15) is 0 Å². The topological polar surface area (TPSA) is 37.4 Å². The van der Waals surface area contributed by atoms with Crippen LogP contribution in [0.1, 0.15) is 27.0 Å². The van der Waals surface area contributed by atoms with Gasteiger partial charge in [-0.1, -0.05) is 46.3 Å². The van der Waals surface area contributed by atoms with E-state index < -0.39 is 0 Å². The van der Waals surface area contributed by atoms with Crippen LogP contribution in [-0.2, 0) is 17.8 Å². The molecule has 0 bridgehead atoms. The Hall–Kier alpha value is -1.94. The zero-order valence-electron chi connectivity index (χ0n) is 11.6. The highest BCUT2D eigenvalue weighted by molar-refractivity contribution is 9.10. The zero-order chi connectivity index (χ0) is 15.0. The smallest absolute Gasteiger partial charge is 0.261 e. The van der Waals surface area contributed by atoms with Crippen molar-refractivity contribution in [2.75, 3.05) is 0 Å². The van der Waals surface area contributed by atoms with Gasteiger partial charge < -0.3 is 0 Å². The van der Waals surface area contributed by atoms with E-state index in [1.165, 1.54) is 4.90 Å². The van der Waals surface area contributed by atoms with Gasteiger partial charge in [-0.25, -0.2) is 0 Å². The van der Waals surface area contributed by atoms with Crippen molar-refractivity contribution < 1.29 is 9.59 Å². The summed E-state index contributed by atoms with van der Waals surface area (Å²) in [5.41, 5.74) is 3.50. The van der Waals surface area contributed by atoms with Crippen LogP contribution < -0.4 is 0 Å². The molecule has 106 valence electrons. The second-order valence-corrected chi connectivity index (χ2v) is 6.07. The largest absolute Gasteiger partial charge is 0.274 e. The van der Waals surface area contributed by atoms with Gasteiger partial charge in [0.1, 0.15) is 0 Å². The first-order chi connectivity index (χ1) is 10.1. The highest BCUT2D eigenvalue weighted by Crippen LogP contribution is 2.25. The number of halogens is 1. The molecule has 0 saturated carbocycles. The van der Waals surface area contributed by atoms with Crippen LogP contribution in [0.2, 0.25) is 0 Å². The lowest BCUT2D eigenvalue weighted by atomic mass is 9.98. The Kier molecular flexibility index (Phi) is 3.64. The van der Waals surface area contributed by atoms with Gasteiger partial charge in [0.15, 0.2) is 0 Å². The third-order valence-electron chi connectivity index (χ3n) is 3.67. The van der Waals surface area contributed by atoms with E-state index in [0.717, 1.165) is 21.2 Å². The monoisotopic (exact) mass is 343 g/mol. The molecule has 1 aliphatic rings. The minimum absolute atomic E-state index is 0.147. The van der Waals surface area contributed by atoms with Crippen LogP contribution in [0.25, 0.3) is 0 Å². The number of carbonyl (C=O) groups is 2. The molecular weight excluding hydrogens is 330 g/mol. The fourth-order valence-electron chi connectivity index (χ4n) is 2.51. The van der Waals surface area contributed by atoms with E-state index in [1.807, 2.05) is 43.3 Å².